The molecule has 1 N–H and O–H groups in total. The lowest BCUT2D eigenvalue weighted by molar-refractivity contribution is -0.137. The molecule has 2 unspecified atom stereocenters. The van der Waals surface area contributed by atoms with Crippen molar-refractivity contribution < 1.29 is 14.6 Å². The minimum Gasteiger partial charge on any atom is -0.497 e. The molecule has 108 valence electrons. The molecule has 0 radical (unpaired) electrons. The molecule has 3 rings (SSSR count). The van der Waals surface area contributed by atoms with Gasteiger partial charge in [0.1, 0.15) is 5.75 Å². The molecule has 2 aromatic carbocycles. The maximum atomic E-state index is 11.3. The Balaban J connectivity index is 1.91. The summed E-state index contributed by atoms with van der Waals surface area (Å²) in [5.74, 6) is 0.347. The van der Waals surface area contributed by atoms with Crippen LogP contribution in [0.25, 0.3) is 0 Å². The van der Waals surface area contributed by atoms with Gasteiger partial charge in [-0.05, 0) is 35.6 Å². The van der Waals surface area contributed by atoms with E-state index in [1.807, 2.05) is 54.6 Å². The number of hydrogen-bond acceptors (Lipinski definition) is 2. The molecule has 0 amide bonds. The van der Waals surface area contributed by atoms with Crippen LogP contribution in [0.1, 0.15) is 29.9 Å². The van der Waals surface area contributed by atoms with Crippen LogP contribution in [0.15, 0.2) is 54.6 Å². The highest BCUT2D eigenvalue weighted by atomic mass is 16.5. The fourth-order valence-corrected chi connectivity index (χ4v) is 3.23. The second-order valence-corrected chi connectivity index (χ2v) is 5.62. The second kappa shape index (κ2) is 5.24. The van der Waals surface area contributed by atoms with Gasteiger partial charge in [-0.3, -0.25) is 4.79 Å². The maximum absolute atomic E-state index is 11.3. The smallest absolute Gasteiger partial charge is 0.304 e. The fraction of sp³-hybridized carbons (Fsp3) is 0.278. The first kappa shape index (κ1) is 13.7. The van der Waals surface area contributed by atoms with Gasteiger partial charge >= 0.3 is 5.97 Å². The summed E-state index contributed by atoms with van der Waals surface area (Å²) in [6, 6.07) is 17.9. The third-order valence-electron chi connectivity index (χ3n) is 4.41. The van der Waals surface area contributed by atoms with Crippen LogP contribution in [-0.2, 0) is 10.2 Å². The zero-order valence-corrected chi connectivity index (χ0v) is 12.0. The Labute approximate surface area is 124 Å². The van der Waals surface area contributed by atoms with Crippen LogP contribution in [0.4, 0.5) is 0 Å². The number of ether oxygens (including phenoxy) is 1. The minimum atomic E-state index is -0.741. The fourth-order valence-electron chi connectivity index (χ4n) is 3.23. The van der Waals surface area contributed by atoms with Crippen molar-refractivity contribution in [3.05, 3.63) is 65.7 Å². The van der Waals surface area contributed by atoms with E-state index in [2.05, 4.69) is 0 Å². The molecule has 21 heavy (non-hydrogen) atoms. The van der Waals surface area contributed by atoms with E-state index in [1.165, 1.54) is 5.56 Å². The minimum absolute atomic E-state index is 0.174. The molecule has 0 saturated heterocycles. The summed E-state index contributed by atoms with van der Waals surface area (Å²) in [7, 11) is 1.64. The van der Waals surface area contributed by atoms with Crippen molar-refractivity contribution in [2.45, 2.75) is 24.2 Å². The van der Waals surface area contributed by atoms with E-state index in [-0.39, 0.29) is 17.8 Å². The van der Waals surface area contributed by atoms with Crippen molar-refractivity contribution >= 4 is 5.97 Å². The Bertz CT molecular complexity index is 633. The van der Waals surface area contributed by atoms with Crippen LogP contribution in [0.5, 0.6) is 5.75 Å². The SMILES string of the molecule is COc1ccc(C2CC2(CC(=O)O)c2ccccc2)cc1. The van der Waals surface area contributed by atoms with E-state index in [1.54, 1.807) is 7.11 Å². The molecule has 2 atom stereocenters. The van der Waals surface area contributed by atoms with Crippen molar-refractivity contribution in [1.82, 2.24) is 0 Å². The number of carbonyl (C=O) groups is 1. The lowest BCUT2D eigenvalue weighted by Crippen LogP contribution is -2.15. The van der Waals surface area contributed by atoms with E-state index in [4.69, 9.17) is 4.74 Å². The summed E-state index contributed by atoms with van der Waals surface area (Å²) in [5.41, 5.74) is 2.04. The number of hydrogen-bond donors (Lipinski definition) is 1. The molecule has 0 heterocycles. The monoisotopic (exact) mass is 282 g/mol. The summed E-state index contributed by atoms with van der Waals surface area (Å²) in [5, 5.41) is 9.28. The molecule has 0 aliphatic heterocycles. The number of aliphatic carboxylic acids is 1. The summed E-state index contributed by atoms with van der Waals surface area (Å²) >= 11 is 0. The molecule has 3 nitrogen and oxygen atoms in total. The highest BCUT2D eigenvalue weighted by Crippen LogP contribution is 2.62. The van der Waals surface area contributed by atoms with Crippen LogP contribution in [0, 0.1) is 0 Å². The number of rotatable bonds is 5. The van der Waals surface area contributed by atoms with Crippen LogP contribution >= 0.6 is 0 Å². The molecule has 0 spiro atoms. The summed E-state index contributed by atoms with van der Waals surface area (Å²) in [6.45, 7) is 0. The number of methoxy groups -OCH3 is 1. The standard InChI is InChI=1S/C18H18O3/c1-21-15-9-7-13(8-10-15)16-11-18(16,12-17(19)20)14-5-3-2-4-6-14/h2-10,16H,11-12H2,1H3,(H,19,20). The van der Waals surface area contributed by atoms with Crippen molar-refractivity contribution in [1.29, 1.82) is 0 Å². The van der Waals surface area contributed by atoms with Crippen molar-refractivity contribution in [2.75, 3.05) is 7.11 Å². The number of carboxylic acid groups (broad SMARTS) is 1. The first-order chi connectivity index (χ1) is 10.2. The largest absolute Gasteiger partial charge is 0.497 e. The van der Waals surface area contributed by atoms with Gasteiger partial charge in [0, 0.05) is 5.41 Å². The quantitative estimate of drug-likeness (QED) is 0.911. The van der Waals surface area contributed by atoms with Gasteiger partial charge in [0.05, 0.1) is 13.5 Å². The molecule has 1 fully saturated rings. The molecule has 2 aromatic rings. The molecule has 0 bridgehead atoms. The average molecular weight is 282 g/mol. The highest BCUT2D eigenvalue weighted by molar-refractivity contribution is 5.71. The van der Waals surface area contributed by atoms with Gasteiger partial charge in [-0.25, -0.2) is 0 Å². The van der Waals surface area contributed by atoms with Gasteiger partial charge in [-0.1, -0.05) is 42.5 Å². The Hall–Kier alpha value is -2.29. The Kier molecular flexibility index (Phi) is 3.42. The lowest BCUT2D eigenvalue weighted by Gasteiger charge is -2.16. The predicted molar refractivity (Wildman–Crippen MR) is 80.7 cm³/mol. The average Bonchev–Trinajstić information content (AvgIpc) is 3.23. The Morgan fingerprint density at radius 2 is 1.86 bits per heavy atom. The first-order valence-electron chi connectivity index (χ1n) is 7.07. The van der Waals surface area contributed by atoms with E-state index >= 15 is 0 Å². The second-order valence-electron chi connectivity index (χ2n) is 5.62. The summed E-state index contributed by atoms with van der Waals surface area (Å²) in [4.78, 5) is 11.3. The molecule has 3 heteroatoms. The first-order valence-corrected chi connectivity index (χ1v) is 7.07. The van der Waals surface area contributed by atoms with Gasteiger partial charge in [0.25, 0.3) is 0 Å². The molecular weight excluding hydrogens is 264 g/mol. The van der Waals surface area contributed by atoms with Gasteiger partial charge < -0.3 is 9.84 Å². The lowest BCUT2D eigenvalue weighted by atomic mass is 9.88. The Morgan fingerprint density at radius 1 is 1.19 bits per heavy atom. The Morgan fingerprint density at radius 3 is 2.43 bits per heavy atom. The van der Waals surface area contributed by atoms with Gasteiger partial charge in [-0.15, -0.1) is 0 Å². The van der Waals surface area contributed by atoms with Gasteiger partial charge in [-0.2, -0.15) is 0 Å². The van der Waals surface area contributed by atoms with Gasteiger partial charge in [0.2, 0.25) is 0 Å². The van der Waals surface area contributed by atoms with Crippen LogP contribution < -0.4 is 4.74 Å². The topological polar surface area (TPSA) is 46.5 Å². The zero-order valence-electron chi connectivity index (χ0n) is 12.0. The molecule has 1 aliphatic rings. The van der Waals surface area contributed by atoms with Crippen LogP contribution in [-0.4, -0.2) is 18.2 Å². The van der Waals surface area contributed by atoms with Crippen LogP contribution in [0.2, 0.25) is 0 Å². The molecule has 1 saturated carbocycles. The third-order valence-corrected chi connectivity index (χ3v) is 4.41. The predicted octanol–water partition coefficient (Wildman–Crippen LogP) is 3.60. The normalized spacial score (nSPS) is 23.6. The van der Waals surface area contributed by atoms with Crippen molar-refractivity contribution in [3.63, 3.8) is 0 Å². The van der Waals surface area contributed by atoms with Crippen molar-refractivity contribution in [3.8, 4) is 5.75 Å². The van der Waals surface area contributed by atoms with E-state index in [0.717, 1.165) is 17.7 Å². The van der Waals surface area contributed by atoms with E-state index in [9.17, 15) is 9.90 Å². The number of carboxylic acids is 1. The van der Waals surface area contributed by atoms with E-state index in [0.29, 0.717) is 0 Å². The molecule has 0 aromatic heterocycles. The number of benzene rings is 2. The summed E-state index contributed by atoms with van der Waals surface area (Å²) < 4.78 is 5.18. The highest BCUT2D eigenvalue weighted by Gasteiger charge is 2.56. The van der Waals surface area contributed by atoms with Gasteiger partial charge in [0.15, 0.2) is 0 Å². The van der Waals surface area contributed by atoms with E-state index < -0.39 is 5.97 Å². The molecular formula is C18H18O3. The van der Waals surface area contributed by atoms with Crippen LogP contribution in [0.3, 0.4) is 0 Å². The zero-order chi connectivity index (χ0) is 14.9. The molecule has 1 aliphatic carbocycles. The van der Waals surface area contributed by atoms with Crippen molar-refractivity contribution in [2.24, 2.45) is 0 Å². The third kappa shape index (κ3) is 2.51. The summed E-state index contributed by atoms with van der Waals surface area (Å²) in [6.07, 6.45) is 1.06. The maximum Gasteiger partial charge on any atom is 0.304 e.